The number of nitrogens with two attached hydrogens (primary N) is 1. The highest BCUT2D eigenvalue weighted by atomic mass is 16.2. The van der Waals surface area contributed by atoms with Crippen molar-refractivity contribution in [2.24, 2.45) is 0 Å². The second-order valence-corrected chi connectivity index (χ2v) is 5.88. The number of likely N-dealkylation sites (tertiary alicyclic amines) is 1. The van der Waals surface area contributed by atoms with E-state index >= 15 is 0 Å². The minimum absolute atomic E-state index is 0.00403. The second kappa shape index (κ2) is 6.26. The smallest absolute Gasteiger partial charge is 0.252 e. The van der Waals surface area contributed by atoms with Gasteiger partial charge >= 0.3 is 0 Å². The number of anilines is 1. The normalized spacial score (nSPS) is 16.1. The minimum atomic E-state index is -0.507. The van der Waals surface area contributed by atoms with Crippen LogP contribution >= 0.6 is 0 Å². The summed E-state index contributed by atoms with van der Waals surface area (Å²) in [5, 5.41) is 2.90. The number of nitrogens with zero attached hydrogens (tertiary/aromatic N) is 2. The van der Waals surface area contributed by atoms with Crippen LogP contribution in [0.1, 0.15) is 32.5 Å². The van der Waals surface area contributed by atoms with E-state index in [0.717, 1.165) is 25.9 Å². The predicted octanol–water partition coefficient (Wildman–Crippen LogP) is -0.115. The summed E-state index contributed by atoms with van der Waals surface area (Å²) >= 11 is 0. The Bertz CT molecular complexity index is 561. The minimum Gasteiger partial charge on any atom is -0.383 e. The molecule has 1 aromatic rings. The molecule has 1 aliphatic heterocycles. The molecule has 7 nitrogen and oxygen atoms in total. The standard InChI is InChI=1S/C14H23N5O2/c1-14(2,19-7-3-4-8-19)13(21)16-6-5-11-17-10(15)9-12(20)18-11/h9H,3-8H2,1-2H3,(H,16,21)(H3,15,17,18,20). The fraction of sp³-hybridized carbons (Fsp3) is 0.643. The van der Waals surface area contributed by atoms with Crippen molar-refractivity contribution >= 4 is 11.7 Å². The summed E-state index contributed by atoms with van der Waals surface area (Å²) in [5.41, 5.74) is 4.73. The predicted molar refractivity (Wildman–Crippen MR) is 80.9 cm³/mol. The quantitative estimate of drug-likeness (QED) is 0.702. The molecule has 7 heteroatoms. The molecular weight excluding hydrogens is 270 g/mol. The van der Waals surface area contributed by atoms with E-state index < -0.39 is 5.54 Å². The number of aromatic amines is 1. The van der Waals surface area contributed by atoms with Crippen LogP contribution in [0.25, 0.3) is 0 Å². The molecular formula is C14H23N5O2. The highest BCUT2D eigenvalue weighted by Crippen LogP contribution is 2.20. The van der Waals surface area contributed by atoms with Crippen molar-refractivity contribution < 1.29 is 4.79 Å². The van der Waals surface area contributed by atoms with E-state index in [-0.39, 0.29) is 17.3 Å². The van der Waals surface area contributed by atoms with Gasteiger partial charge in [-0.25, -0.2) is 4.98 Å². The van der Waals surface area contributed by atoms with E-state index in [1.807, 2.05) is 13.8 Å². The van der Waals surface area contributed by atoms with Crippen molar-refractivity contribution in [3.63, 3.8) is 0 Å². The van der Waals surface area contributed by atoms with E-state index in [2.05, 4.69) is 20.2 Å². The van der Waals surface area contributed by atoms with E-state index in [4.69, 9.17) is 5.73 Å². The third kappa shape index (κ3) is 3.81. The lowest BCUT2D eigenvalue weighted by molar-refractivity contribution is -0.131. The van der Waals surface area contributed by atoms with Crippen LogP contribution in [0.15, 0.2) is 10.9 Å². The number of amides is 1. The van der Waals surface area contributed by atoms with Crippen molar-refractivity contribution in [3.05, 3.63) is 22.2 Å². The number of carbonyl (C=O) groups excluding carboxylic acids is 1. The fourth-order valence-corrected chi connectivity index (χ4v) is 2.58. The van der Waals surface area contributed by atoms with Gasteiger partial charge in [0.05, 0.1) is 5.54 Å². The molecule has 0 bridgehead atoms. The fourth-order valence-electron chi connectivity index (χ4n) is 2.58. The second-order valence-electron chi connectivity index (χ2n) is 5.88. The molecule has 0 aromatic carbocycles. The van der Waals surface area contributed by atoms with Crippen LogP contribution in [0, 0.1) is 0 Å². The number of H-pyrrole nitrogens is 1. The molecule has 1 amide bonds. The highest BCUT2D eigenvalue weighted by Gasteiger charge is 2.35. The summed E-state index contributed by atoms with van der Waals surface area (Å²) in [7, 11) is 0. The maximum absolute atomic E-state index is 12.3. The molecule has 116 valence electrons. The Morgan fingerprint density at radius 1 is 1.48 bits per heavy atom. The van der Waals surface area contributed by atoms with Gasteiger partial charge in [0.2, 0.25) is 5.91 Å². The topological polar surface area (TPSA) is 104 Å². The van der Waals surface area contributed by atoms with Crippen LogP contribution in [0.3, 0.4) is 0 Å². The Balaban J connectivity index is 1.87. The molecule has 0 radical (unpaired) electrons. The first-order valence-electron chi connectivity index (χ1n) is 7.28. The highest BCUT2D eigenvalue weighted by molar-refractivity contribution is 5.85. The van der Waals surface area contributed by atoms with Crippen molar-refractivity contribution in [1.29, 1.82) is 0 Å². The molecule has 1 fully saturated rings. The lowest BCUT2D eigenvalue weighted by Gasteiger charge is -2.33. The maximum Gasteiger partial charge on any atom is 0.252 e. The zero-order valence-electron chi connectivity index (χ0n) is 12.6. The number of rotatable bonds is 5. The number of nitrogen functional groups attached to an aromatic ring is 1. The van der Waals surface area contributed by atoms with Crippen LogP contribution in [-0.4, -0.2) is 45.9 Å². The third-order valence-electron chi connectivity index (χ3n) is 3.91. The van der Waals surface area contributed by atoms with Crippen LogP contribution in [-0.2, 0) is 11.2 Å². The number of carbonyl (C=O) groups is 1. The Hall–Kier alpha value is -1.89. The summed E-state index contributed by atoms with van der Waals surface area (Å²) in [6, 6.07) is 1.23. The van der Waals surface area contributed by atoms with Gasteiger partial charge in [-0.3, -0.25) is 14.5 Å². The number of hydrogen-bond acceptors (Lipinski definition) is 5. The van der Waals surface area contributed by atoms with Crippen LogP contribution in [0.4, 0.5) is 5.82 Å². The van der Waals surface area contributed by atoms with Gasteiger partial charge in [0.1, 0.15) is 11.6 Å². The summed E-state index contributed by atoms with van der Waals surface area (Å²) < 4.78 is 0. The molecule has 0 unspecified atom stereocenters. The molecule has 2 heterocycles. The number of hydrogen-bond donors (Lipinski definition) is 3. The number of nitrogens with one attached hydrogen (secondary N) is 2. The van der Waals surface area contributed by atoms with Crippen LogP contribution in [0.2, 0.25) is 0 Å². The lowest BCUT2D eigenvalue weighted by Crippen LogP contribution is -2.54. The SMILES string of the molecule is CC(C)(C(=O)NCCc1nc(N)cc(=O)[nH]1)N1CCCC1. The van der Waals surface area contributed by atoms with Crippen LogP contribution < -0.4 is 16.6 Å². The molecule has 21 heavy (non-hydrogen) atoms. The molecule has 1 saturated heterocycles. The zero-order chi connectivity index (χ0) is 15.5. The summed E-state index contributed by atoms with van der Waals surface area (Å²) in [4.78, 5) is 32.4. The average molecular weight is 293 g/mol. The van der Waals surface area contributed by atoms with E-state index in [9.17, 15) is 9.59 Å². The monoisotopic (exact) mass is 293 g/mol. The first-order valence-corrected chi connectivity index (χ1v) is 7.28. The van der Waals surface area contributed by atoms with Crippen molar-refractivity contribution in [2.75, 3.05) is 25.4 Å². The first-order chi connectivity index (χ1) is 9.89. The van der Waals surface area contributed by atoms with E-state index in [0.29, 0.717) is 18.8 Å². The van der Waals surface area contributed by atoms with Crippen molar-refractivity contribution in [2.45, 2.75) is 38.6 Å². The molecule has 1 aromatic heterocycles. The summed E-state index contributed by atoms with van der Waals surface area (Å²) in [6.07, 6.45) is 2.73. The van der Waals surface area contributed by atoms with Gasteiger partial charge in [0, 0.05) is 19.0 Å². The molecule has 0 spiro atoms. The van der Waals surface area contributed by atoms with E-state index in [1.165, 1.54) is 6.07 Å². The van der Waals surface area contributed by atoms with Crippen molar-refractivity contribution in [3.8, 4) is 0 Å². The lowest BCUT2D eigenvalue weighted by atomic mass is 10.0. The van der Waals surface area contributed by atoms with Gasteiger partial charge in [-0.1, -0.05) is 0 Å². The van der Waals surface area contributed by atoms with Gasteiger partial charge in [-0.2, -0.15) is 0 Å². The van der Waals surface area contributed by atoms with Crippen molar-refractivity contribution in [1.82, 2.24) is 20.2 Å². The molecule has 2 rings (SSSR count). The number of aromatic nitrogens is 2. The van der Waals surface area contributed by atoms with Crippen LogP contribution in [0.5, 0.6) is 0 Å². The van der Waals surface area contributed by atoms with Gasteiger partial charge in [0.25, 0.3) is 5.56 Å². The third-order valence-corrected chi connectivity index (χ3v) is 3.91. The summed E-state index contributed by atoms with van der Waals surface area (Å²) in [5.74, 6) is 0.674. The van der Waals surface area contributed by atoms with Gasteiger partial charge in [-0.15, -0.1) is 0 Å². The summed E-state index contributed by atoms with van der Waals surface area (Å²) in [6.45, 7) is 6.22. The Morgan fingerprint density at radius 3 is 2.76 bits per heavy atom. The molecule has 4 N–H and O–H groups in total. The Labute approximate surface area is 123 Å². The maximum atomic E-state index is 12.3. The van der Waals surface area contributed by atoms with Gasteiger partial charge < -0.3 is 16.0 Å². The van der Waals surface area contributed by atoms with Gasteiger partial charge in [-0.05, 0) is 39.8 Å². The molecule has 0 aliphatic carbocycles. The molecule has 0 saturated carbocycles. The van der Waals surface area contributed by atoms with E-state index in [1.54, 1.807) is 0 Å². The van der Waals surface area contributed by atoms with Gasteiger partial charge in [0.15, 0.2) is 0 Å². The molecule has 0 atom stereocenters. The average Bonchev–Trinajstić information content (AvgIpc) is 2.91. The molecule has 1 aliphatic rings. The zero-order valence-corrected chi connectivity index (χ0v) is 12.6. The Morgan fingerprint density at radius 2 is 2.14 bits per heavy atom. The first kappa shape index (κ1) is 15.5. The Kier molecular flexibility index (Phi) is 4.62. The largest absolute Gasteiger partial charge is 0.383 e.